The highest BCUT2D eigenvalue weighted by molar-refractivity contribution is 4.93. The zero-order valence-electron chi connectivity index (χ0n) is 14.0. The maximum Gasteiger partial charge on any atom is 0.0161 e. The maximum absolute atomic E-state index is 2.73. The number of hydrogen-bond donors (Lipinski definition) is 0. The van der Waals surface area contributed by atoms with Crippen LogP contribution in [0, 0.1) is 17.3 Å². The van der Waals surface area contributed by atoms with Crippen LogP contribution in [0.15, 0.2) is 0 Å². The summed E-state index contributed by atoms with van der Waals surface area (Å²) < 4.78 is 0. The van der Waals surface area contributed by atoms with E-state index >= 15 is 0 Å². The van der Waals surface area contributed by atoms with Crippen LogP contribution in [-0.4, -0.2) is 23.0 Å². The molecular weight excluding hydrogens is 218 g/mol. The molecule has 1 heterocycles. The number of rotatable bonds is 2. The Bertz CT molecular complexity index is 263. The van der Waals surface area contributed by atoms with Gasteiger partial charge in [0.15, 0.2) is 0 Å². The van der Waals surface area contributed by atoms with Crippen molar-refractivity contribution < 1.29 is 0 Å². The third-order valence-corrected chi connectivity index (χ3v) is 4.81. The van der Waals surface area contributed by atoms with Gasteiger partial charge in [0.1, 0.15) is 0 Å². The van der Waals surface area contributed by atoms with Gasteiger partial charge in [0, 0.05) is 11.6 Å². The molecule has 0 amide bonds. The lowest BCUT2D eigenvalue weighted by Crippen LogP contribution is -2.52. The van der Waals surface area contributed by atoms with Crippen LogP contribution in [0.2, 0.25) is 0 Å². The highest BCUT2D eigenvalue weighted by Gasteiger charge is 2.38. The molecule has 0 aromatic heterocycles. The van der Waals surface area contributed by atoms with E-state index in [-0.39, 0.29) is 0 Å². The Kier molecular flexibility index (Phi) is 4.92. The molecule has 1 saturated heterocycles. The molecule has 0 aromatic rings. The van der Waals surface area contributed by atoms with E-state index in [1.165, 1.54) is 25.8 Å². The summed E-state index contributed by atoms with van der Waals surface area (Å²) in [4.78, 5) is 2.73. The molecule has 0 N–H and O–H groups in total. The molecule has 1 aliphatic rings. The zero-order valence-corrected chi connectivity index (χ0v) is 14.0. The van der Waals surface area contributed by atoms with Crippen LogP contribution in [0.3, 0.4) is 0 Å². The Balaban J connectivity index is 2.93. The third kappa shape index (κ3) is 3.98. The lowest BCUT2D eigenvalue weighted by molar-refractivity contribution is 0.00647. The molecule has 0 aromatic carbocycles. The van der Waals surface area contributed by atoms with Gasteiger partial charge in [-0.15, -0.1) is 0 Å². The lowest BCUT2D eigenvalue weighted by atomic mass is 9.69. The molecule has 0 bridgehead atoms. The van der Waals surface area contributed by atoms with Gasteiger partial charge in [0.2, 0.25) is 0 Å². The summed E-state index contributed by atoms with van der Waals surface area (Å²) >= 11 is 0. The molecule has 0 radical (unpaired) electrons. The average Bonchev–Trinajstić information content (AvgIpc) is 2.10. The Labute approximate surface area is 115 Å². The molecule has 1 fully saturated rings. The lowest BCUT2D eigenvalue weighted by Gasteiger charge is -2.49. The van der Waals surface area contributed by atoms with Gasteiger partial charge >= 0.3 is 0 Å². The fourth-order valence-corrected chi connectivity index (χ4v) is 4.29. The summed E-state index contributed by atoms with van der Waals surface area (Å²) in [5, 5.41) is 0. The van der Waals surface area contributed by atoms with E-state index in [4.69, 9.17) is 0 Å². The van der Waals surface area contributed by atoms with E-state index < -0.39 is 0 Å². The first kappa shape index (κ1) is 16.0. The van der Waals surface area contributed by atoms with E-state index in [9.17, 15) is 0 Å². The topological polar surface area (TPSA) is 3.24 Å². The van der Waals surface area contributed by atoms with Crippen molar-refractivity contribution >= 4 is 0 Å². The van der Waals surface area contributed by atoms with Gasteiger partial charge in [-0.2, -0.15) is 0 Å². The smallest absolute Gasteiger partial charge is 0.0161 e. The van der Waals surface area contributed by atoms with Gasteiger partial charge in [-0.05, 0) is 70.8 Å². The van der Waals surface area contributed by atoms with Crippen molar-refractivity contribution in [2.45, 2.75) is 86.2 Å². The summed E-state index contributed by atoms with van der Waals surface area (Å²) in [6, 6.07) is 0.654. The van der Waals surface area contributed by atoms with E-state index in [0.717, 1.165) is 11.8 Å². The molecule has 0 aliphatic carbocycles. The van der Waals surface area contributed by atoms with Gasteiger partial charge in [-0.3, -0.25) is 4.90 Å². The molecule has 1 aliphatic heterocycles. The SMILES string of the molecule is CC(C)C1CCN(C(C)C)C(C)(C)CC(C)(C)C1. The summed E-state index contributed by atoms with van der Waals surface area (Å²) in [7, 11) is 0. The minimum absolute atomic E-state index is 0.333. The molecular formula is C17H35N. The van der Waals surface area contributed by atoms with Crippen LogP contribution in [0.4, 0.5) is 0 Å². The minimum Gasteiger partial charge on any atom is -0.296 e. The Morgan fingerprint density at radius 2 is 1.56 bits per heavy atom. The van der Waals surface area contributed by atoms with Gasteiger partial charge in [-0.25, -0.2) is 0 Å². The minimum atomic E-state index is 0.333. The second-order valence-electron chi connectivity index (χ2n) is 8.44. The van der Waals surface area contributed by atoms with Gasteiger partial charge in [0.05, 0.1) is 0 Å². The summed E-state index contributed by atoms with van der Waals surface area (Å²) in [6.45, 7) is 20.6. The Morgan fingerprint density at radius 3 is 2.00 bits per heavy atom. The van der Waals surface area contributed by atoms with E-state index in [1.54, 1.807) is 0 Å². The van der Waals surface area contributed by atoms with Crippen LogP contribution < -0.4 is 0 Å². The fraction of sp³-hybridized carbons (Fsp3) is 1.00. The highest BCUT2D eigenvalue weighted by atomic mass is 15.2. The predicted molar refractivity (Wildman–Crippen MR) is 81.9 cm³/mol. The molecule has 0 saturated carbocycles. The van der Waals surface area contributed by atoms with Crippen LogP contribution >= 0.6 is 0 Å². The fourth-order valence-electron chi connectivity index (χ4n) is 4.29. The van der Waals surface area contributed by atoms with Crippen molar-refractivity contribution in [2.24, 2.45) is 17.3 Å². The van der Waals surface area contributed by atoms with E-state index in [0.29, 0.717) is 17.0 Å². The van der Waals surface area contributed by atoms with Gasteiger partial charge in [0.25, 0.3) is 0 Å². The van der Waals surface area contributed by atoms with Crippen molar-refractivity contribution in [1.29, 1.82) is 0 Å². The van der Waals surface area contributed by atoms with E-state index in [1.807, 2.05) is 0 Å². The van der Waals surface area contributed by atoms with Gasteiger partial charge in [-0.1, -0.05) is 27.7 Å². The standard InChI is InChI=1S/C17H35N/c1-13(2)15-9-10-18(14(3)4)17(7,8)12-16(5,6)11-15/h13-15H,9-12H2,1-8H3. The first-order chi connectivity index (χ1) is 8.05. The first-order valence-corrected chi connectivity index (χ1v) is 7.82. The van der Waals surface area contributed by atoms with Crippen molar-refractivity contribution in [1.82, 2.24) is 4.90 Å². The molecule has 18 heavy (non-hydrogen) atoms. The predicted octanol–water partition coefficient (Wildman–Crippen LogP) is 4.96. The second-order valence-corrected chi connectivity index (χ2v) is 8.44. The normalized spacial score (nSPS) is 29.3. The third-order valence-electron chi connectivity index (χ3n) is 4.81. The van der Waals surface area contributed by atoms with Crippen LogP contribution in [0.1, 0.15) is 74.7 Å². The quantitative estimate of drug-likeness (QED) is 0.672. The first-order valence-electron chi connectivity index (χ1n) is 7.82. The Morgan fingerprint density at radius 1 is 1.00 bits per heavy atom. The number of likely N-dealkylation sites (tertiary alicyclic amines) is 1. The summed E-state index contributed by atoms with van der Waals surface area (Å²) in [5.41, 5.74) is 0.797. The molecule has 1 nitrogen and oxygen atoms in total. The van der Waals surface area contributed by atoms with Gasteiger partial charge < -0.3 is 0 Å². The van der Waals surface area contributed by atoms with Crippen LogP contribution in [0.5, 0.6) is 0 Å². The highest BCUT2D eigenvalue weighted by Crippen LogP contribution is 2.42. The zero-order chi connectivity index (χ0) is 14.1. The summed E-state index contributed by atoms with van der Waals surface area (Å²) in [6.07, 6.45) is 4.06. The molecule has 0 spiro atoms. The summed E-state index contributed by atoms with van der Waals surface area (Å²) in [5.74, 6) is 1.71. The maximum atomic E-state index is 2.73. The van der Waals surface area contributed by atoms with Crippen molar-refractivity contribution in [3.63, 3.8) is 0 Å². The molecule has 1 rings (SSSR count). The average molecular weight is 253 g/mol. The molecule has 108 valence electrons. The monoisotopic (exact) mass is 253 g/mol. The number of hydrogen-bond acceptors (Lipinski definition) is 1. The Hall–Kier alpha value is -0.0400. The largest absolute Gasteiger partial charge is 0.296 e. The van der Waals surface area contributed by atoms with Crippen molar-refractivity contribution in [3.05, 3.63) is 0 Å². The van der Waals surface area contributed by atoms with Crippen LogP contribution in [0.25, 0.3) is 0 Å². The van der Waals surface area contributed by atoms with Crippen molar-refractivity contribution in [2.75, 3.05) is 6.54 Å². The molecule has 1 heteroatoms. The number of nitrogens with zero attached hydrogens (tertiary/aromatic N) is 1. The second kappa shape index (κ2) is 5.53. The molecule has 1 unspecified atom stereocenters. The molecule has 1 atom stereocenters. The van der Waals surface area contributed by atoms with Crippen LogP contribution in [-0.2, 0) is 0 Å². The van der Waals surface area contributed by atoms with Crippen molar-refractivity contribution in [3.8, 4) is 0 Å². The van der Waals surface area contributed by atoms with E-state index in [2.05, 4.69) is 60.3 Å².